The van der Waals surface area contributed by atoms with E-state index in [1.165, 1.54) is 0 Å². The molecule has 0 amide bonds. The monoisotopic (exact) mass is 251 g/mol. The molecule has 0 aliphatic rings. The predicted molar refractivity (Wildman–Crippen MR) is 70.5 cm³/mol. The molecule has 2 atom stereocenters. The molecule has 0 aromatic heterocycles. The Hall–Kier alpha value is -1.55. The van der Waals surface area contributed by atoms with E-state index >= 15 is 0 Å². The average Bonchev–Trinajstić information content (AvgIpc) is 2.31. The van der Waals surface area contributed by atoms with Crippen LogP contribution < -0.4 is 10.5 Å². The first-order valence-electron chi connectivity index (χ1n) is 6.15. The Bertz CT molecular complexity index is 416. The van der Waals surface area contributed by atoms with Gasteiger partial charge in [0.1, 0.15) is 5.75 Å². The van der Waals surface area contributed by atoms with Gasteiger partial charge in [-0.25, -0.2) is 4.79 Å². The summed E-state index contributed by atoms with van der Waals surface area (Å²) in [4.78, 5) is 11.5. The van der Waals surface area contributed by atoms with Gasteiger partial charge in [-0.3, -0.25) is 0 Å². The van der Waals surface area contributed by atoms with Crippen LogP contribution in [0.3, 0.4) is 0 Å². The summed E-state index contributed by atoms with van der Waals surface area (Å²) in [6.45, 7) is 7.66. The molecule has 18 heavy (non-hydrogen) atoms. The second-order valence-electron chi connectivity index (χ2n) is 4.33. The Morgan fingerprint density at radius 1 is 1.39 bits per heavy atom. The van der Waals surface area contributed by atoms with Crippen molar-refractivity contribution in [2.45, 2.75) is 39.8 Å². The Labute approximate surface area is 108 Å². The van der Waals surface area contributed by atoms with Crippen molar-refractivity contribution < 1.29 is 14.3 Å². The number of aryl methyl sites for hydroxylation is 1. The molecule has 1 aromatic carbocycles. The van der Waals surface area contributed by atoms with E-state index < -0.39 is 6.10 Å². The van der Waals surface area contributed by atoms with Crippen molar-refractivity contribution in [3.05, 3.63) is 29.3 Å². The minimum atomic E-state index is -0.607. The van der Waals surface area contributed by atoms with E-state index in [2.05, 4.69) is 0 Å². The van der Waals surface area contributed by atoms with Crippen LogP contribution in [0.25, 0.3) is 0 Å². The van der Waals surface area contributed by atoms with Crippen LogP contribution in [0.4, 0.5) is 0 Å². The first-order valence-corrected chi connectivity index (χ1v) is 6.15. The van der Waals surface area contributed by atoms with Crippen LogP contribution in [-0.4, -0.2) is 18.7 Å². The zero-order valence-corrected chi connectivity index (χ0v) is 11.4. The lowest BCUT2D eigenvalue weighted by Gasteiger charge is -2.16. The lowest BCUT2D eigenvalue weighted by atomic mass is 10.1. The SMILES string of the molecule is CCOC(=O)C(C)Oc1ccc([C@@H](C)N)cc1C. The molecule has 1 aromatic rings. The van der Waals surface area contributed by atoms with Crippen molar-refractivity contribution in [2.24, 2.45) is 5.73 Å². The highest BCUT2D eigenvalue weighted by Crippen LogP contribution is 2.23. The Morgan fingerprint density at radius 3 is 2.56 bits per heavy atom. The molecule has 0 fully saturated rings. The zero-order valence-electron chi connectivity index (χ0n) is 11.4. The van der Waals surface area contributed by atoms with Gasteiger partial charge in [0.05, 0.1) is 6.61 Å². The molecule has 100 valence electrons. The van der Waals surface area contributed by atoms with Crippen molar-refractivity contribution >= 4 is 5.97 Å². The molecule has 4 nitrogen and oxygen atoms in total. The number of esters is 1. The zero-order chi connectivity index (χ0) is 13.7. The maximum atomic E-state index is 11.5. The molecule has 0 saturated heterocycles. The molecular weight excluding hydrogens is 230 g/mol. The van der Waals surface area contributed by atoms with Crippen LogP contribution in [0.2, 0.25) is 0 Å². The molecule has 1 rings (SSSR count). The lowest BCUT2D eigenvalue weighted by Crippen LogP contribution is -2.26. The van der Waals surface area contributed by atoms with Gasteiger partial charge in [0.15, 0.2) is 6.10 Å². The Balaban J connectivity index is 2.76. The maximum Gasteiger partial charge on any atom is 0.347 e. The minimum Gasteiger partial charge on any atom is -0.479 e. The Kier molecular flexibility index (Phi) is 5.16. The maximum absolute atomic E-state index is 11.5. The third kappa shape index (κ3) is 3.74. The van der Waals surface area contributed by atoms with Gasteiger partial charge in [-0.2, -0.15) is 0 Å². The summed E-state index contributed by atoms with van der Waals surface area (Å²) in [5.74, 6) is 0.327. The molecule has 1 unspecified atom stereocenters. The third-order valence-electron chi connectivity index (χ3n) is 2.65. The molecule has 0 saturated carbocycles. The number of carbonyl (C=O) groups excluding carboxylic acids is 1. The van der Waals surface area contributed by atoms with Gasteiger partial charge in [0, 0.05) is 6.04 Å². The summed E-state index contributed by atoms with van der Waals surface area (Å²) in [6.07, 6.45) is -0.607. The van der Waals surface area contributed by atoms with E-state index in [0.29, 0.717) is 12.4 Å². The smallest absolute Gasteiger partial charge is 0.347 e. The number of benzene rings is 1. The van der Waals surface area contributed by atoms with Crippen LogP contribution in [0.1, 0.15) is 37.9 Å². The number of hydrogen-bond acceptors (Lipinski definition) is 4. The fraction of sp³-hybridized carbons (Fsp3) is 0.500. The first-order chi connectivity index (χ1) is 8.45. The van der Waals surface area contributed by atoms with Crippen LogP contribution in [-0.2, 0) is 9.53 Å². The highest BCUT2D eigenvalue weighted by molar-refractivity contribution is 5.74. The molecule has 2 N–H and O–H groups in total. The molecule has 0 spiro atoms. The Morgan fingerprint density at radius 2 is 2.06 bits per heavy atom. The van der Waals surface area contributed by atoms with E-state index in [4.69, 9.17) is 15.2 Å². The molecule has 0 aliphatic carbocycles. The first kappa shape index (κ1) is 14.5. The van der Waals surface area contributed by atoms with Crippen molar-refractivity contribution in [3.8, 4) is 5.75 Å². The largest absolute Gasteiger partial charge is 0.479 e. The summed E-state index contributed by atoms with van der Waals surface area (Å²) >= 11 is 0. The molecular formula is C14H21NO3. The fourth-order valence-electron chi connectivity index (χ4n) is 1.59. The van der Waals surface area contributed by atoms with Crippen LogP contribution in [0.15, 0.2) is 18.2 Å². The summed E-state index contributed by atoms with van der Waals surface area (Å²) in [5.41, 5.74) is 7.81. The summed E-state index contributed by atoms with van der Waals surface area (Å²) < 4.78 is 10.5. The van der Waals surface area contributed by atoms with Gasteiger partial charge in [0.25, 0.3) is 0 Å². The van der Waals surface area contributed by atoms with Gasteiger partial charge in [0.2, 0.25) is 0 Å². The summed E-state index contributed by atoms with van der Waals surface area (Å²) in [6, 6.07) is 5.70. The minimum absolute atomic E-state index is 0.0137. The summed E-state index contributed by atoms with van der Waals surface area (Å²) in [7, 11) is 0. The van der Waals surface area contributed by atoms with Gasteiger partial charge in [-0.05, 0) is 44.9 Å². The van der Waals surface area contributed by atoms with Crippen LogP contribution >= 0.6 is 0 Å². The average molecular weight is 251 g/mol. The quantitative estimate of drug-likeness (QED) is 0.816. The molecule has 0 bridgehead atoms. The van der Waals surface area contributed by atoms with E-state index in [-0.39, 0.29) is 12.0 Å². The van der Waals surface area contributed by atoms with Gasteiger partial charge in [-0.15, -0.1) is 0 Å². The molecule has 0 heterocycles. The normalized spacial score (nSPS) is 13.8. The predicted octanol–water partition coefficient (Wildman–Crippen LogP) is 2.35. The van der Waals surface area contributed by atoms with Gasteiger partial charge < -0.3 is 15.2 Å². The number of ether oxygens (including phenoxy) is 2. The van der Waals surface area contributed by atoms with E-state index in [1.54, 1.807) is 13.8 Å². The molecule has 4 heteroatoms. The number of hydrogen-bond donors (Lipinski definition) is 1. The van der Waals surface area contributed by atoms with Crippen LogP contribution in [0.5, 0.6) is 5.75 Å². The molecule has 0 aliphatic heterocycles. The van der Waals surface area contributed by atoms with Crippen molar-refractivity contribution in [3.63, 3.8) is 0 Å². The third-order valence-corrected chi connectivity index (χ3v) is 2.65. The second-order valence-corrected chi connectivity index (χ2v) is 4.33. The van der Waals surface area contributed by atoms with Gasteiger partial charge in [-0.1, -0.05) is 12.1 Å². The van der Waals surface area contributed by atoms with E-state index in [1.807, 2.05) is 32.0 Å². The number of carbonyl (C=O) groups is 1. The standard InChI is InChI=1S/C14H21NO3/c1-5-17-14(16)11(4)18-13-7-6-12(10(3)15)8-9(13)2/h6-8,10-11H,5,15H2,1-4H3/t10-,11?/m1/s1. The summed E-state index contributed by atoms with van der Waals surface area (Å²) in [5, 5.41) is 0. The van der Waals surface area contributed by atoms with Crippen LogP contribution in [0, 0.1) is 6.92 Å². The highest BCUT2D eigenvalue weighted by atomic mass is 16.6. The molecule has 0 radical (unpaired) electrons. The van der Waals surface area contributed by atoms with Crippen molar-refractivity contribution in [2.75, 3.05) is 6.61 Å². The second kappa shape index (κ2) is 6.40. The number of nitrogens with two attached hydrogens (primary N) is 1. The fourth-order valence-corrected chi connectivity index (χ4v) is 1.59. The van der Waals surface area contributed by atoms with E-state index in [0.717, 1.165) is 11.1 Å². The van der Waals surface area contributed by atoms with Crippen molar-refractivity contribution in [1.29, 1.82) is 0 Å². The van der Waals surface area contributed by atoms with Gasteiger partial charge >= 0.3 is 5.97 Å². The number of rotatable bonds is 5. The highest BCUT2D eigenvalue weighted by Gasteiger charge is 2.16. The van der Waals surface area contributed by atoms with E-state index in [9.17, 15) is 4.79 Å². The van der Waals surface area contributed by atoms with Crippen molar-refractivity contribution in [1.82, 2.24) is 0 Å². The lowest BCUT2D eigenvalue weighted by molar-refractivity contribution is -0.150. The topological polar surface area (TPSA) is 61.5 Å².